The van der Waals surface area contributed by atoms with E-state index in [-0.39, 0.29) is 16.7 Å². The molecule has 0 saturated carbocycles. The number of piperidine rings is 1. The molecule has 0 N–H and O–H groups in total. The molecule has 0 unspecified atom stereocenters. The third kappa shape index (κ3) is 3.27. The van der Waals surface area contributed by atoms with Crippen LogP contribution in [-0.2, 0) is 4.79 Å². The number of hydrogen-bond donors (Lipinski definition) is 0. The summed E-state index contributed by atoms with van der Waals surface area (Å²) in [5, 5.41) is 0. The molecular formula is C17H24N2O3S. The number of rotatable bonds is 3. The van der Waals surface area contributed by atoms with Gasteiger partial charge in [-0.3, -0.25) is 9.59 Å². The van der Waals surface area contributed by atoms with Crippen LogP contribution >= 0.6 is 11.8 Å². The second-order valence-electron chi connectivity index (χ2n) is 6.71. The van der Waals surface area contributed by atoms with Crippen LogP contribution in [0.25, 0.3) is 0 Å². The predicted octanol–water partition coefficient (Wildman–Crippen LogP) is 2.83. The lowest BCUT2D eigenvalue weighted by Gasteiger charge is -2.44. The van der Waals surface area contributed by atoms with Gasteiger partial charge in [-0.2, -0.15) is 0 Å². The van der Waals surface area contributed by atoms with Crippen LogP contribution < -0.4 is 0 Å². The van der Waals surface area contributed by atoms with Gasteiger partial charge in [-0.05, 0) is 30.9 Å². The fourth-order valence-electron chi connectivity index (χ4n) is 3.43. The van der Waals surface area contributed by atoms with Crippen LogP contribution in [0.3, 0.4) is 0 Å². The minimum Gasteiger partial charge on any atom is -0.459 e. The first-order chi connectivity index (χ1) is 11.0. The Morgan fingerprint density at radius 2 is 2.04 bits per heavy atom. The molecule has 3 heterocycles. The summed E-state index contributed by atoms with van der Waals surface area (Å²) in [5.74, 6) is 1.96. The average Bonchev–Trinajstić information content (AvgIpc) is 3.17. The minimum absolute atomic E-state index is 0.0260. The molecule has 2 amide bonds. The van der Waals surface area contributed by atoms with Crippen LogP contribution in [0.4, 0.5) is 0 Å². The van der Waals surface area contributed by atoms with E-state index < -0.39 is 0 Å². The maximum Gasteiger partial charge on any atom is 0.290 e. The molecular weight excluding hydrogens is 312 g/mol. The lowest BCUT2D eigenvalue weighted by atomic mass is 10.0. The minimum atomic E-state index is -0.168. The predicted molar refractivity (Wildman–Crippen MR) is 90.2 cm³/mol. The molecule has 2 fully saturated rings. The van der Waals surface area contributed by atoms with E-state index in [4.69, 9.17) is 4.42 Å². The van der Waals surface area contributed by atoms with Gasteiger partial charge in [0, 0.05) is 31.8 Å². The standard InChI is InChI=1S/C17H24N2O3S/c1-13(2)12-15(20)18-7-5-17(6-8-18)19(9-11-23-17)16(21)14-4-3-10-22-14/h3-4,10,13H,5-9,11-12H2,1-2H3. The van der Waals surface area contributed by atoms with Crippen LogP contribution in [0, 0.1) is 5.92 Å². The molecule has 1 aromatic heterocycles. The Morgan fingerprint density at radius 1 is 1.30 bits per heavy atom. The molecule has 0 aliphatic carbocycles. The van der Waals surface area contributed by atoms with Crippen molar-refractivity contribution in [3.63, 3.8) is 0 Å². The zero-order chi connectivity index (χ0) is 16.4. The molecule has 126 valence electrons. The van der Waals surface area contributed by atoms with Crippen molar-refractivity contribution in [3.05, 3.63) is 24.2 Å². The summed E-state index contributed by atoms with van der Waals surface area (Å²) in [5.41, 5.74) is 0. The summed E-state index contributed by atoms with van der Waals surface area (Å²) >= 11 is 1.85. The van der Waals surface area contributed by atoms with Gasteiger partial charge in [0.15, 0.2) is 5.76 Å². The maximum absolute atomic E-state index is 12.7. The van der Waals surface area contributed by atoms with Crippen LogP contribution in [0.5, 0.6) is 0 Å². The molecule has 1 spiro atoms. The number of hydrogen-bond acceptors (Lipinski definition) is 4. The number of thioether (sulfide) groups is 1. The largest absolute Gasteiger partial charge is 0.459 e. The van der Waals surface area contributed by atoms with Crippen molar-refractivity contribution in [2.75, 3.05) is 25.4 Å². The fourth-order valence-corrected chi connectivity index (χ4v) is 4.88. The average molecular weight is 336 g/mol. The van der Waals surface area contributed by atoms with E-state index in [1.54, 1.807) is 12.1 Å². The van der Waals surface area contributed by atoms with Crippen molar-refractivity contribution in [3.8, 4) is 0 Å². The molecule has 1 aromatic rings. The van der Waals surface area contributed by atoms with E-state index in [9.17, 15) is 9.59 Å². The van der Waals surface area contributed by atoms with Crippen molar-refractivity contribution in [2.45, 2.75) is 38.0 Å². The van der Waals surface area contributed by atoms with Crippen molar-refractivity contribution < 1.29 is 14.0 Å². The Morgan fingerprint density at radius 3 is 2.65 bits per heavy atom. The van der Waals surface area contributed by atoms with Gasteiger partial charge in [-0.15, -0.1) is 11.8 Å². The molecule has 0 bridgehead atoms. The van der Waals surface area contributed by atoms with Crippen molar-refractivity contribution in [2.24, 2.45) is 5.92 Å². The Hall–Kier alpha value is -1.43. The van der Waals surface area contributed by atoms with E-state index in [1.165, 1.54) is 6.26 Å². The van der Waals surface area contributed by atoms with Gasteiger partial charge in [-0.1, -0.05) is 13.8 Å². The molecule has 2 saturated heterocycles. The zero-order valence-corrected chi connectivity index (χ0v) is 14.6. The second kappa shape index (κ2) is 6.59. The van der Waals surface area contributed by atoms with Crippen LogP contribution in [0.1, 0.15) is 43.7 Å². The van der Waals surface area contributed by atoms with Crippen LogP contribution in [0.2, 0.25) is 0 Å². The summed E-state index contributed by atoms with van der Waals surface area (Å²) in [6, 6.07) is 3.47. The van der Waals surface area contributed by atoms with E-state index in [0.29, 0.717) is 18.1 Å². The number of likely N-dealkylation sites (tertiary alicyclic amines) is 1. The number of amides is 2. The highest BCUT2D eigenvalue weighted by molar-refractivity contribution is 8.00. The lowest BCUT2D eigenvalue weighted by Crippen LogP contribution is -2.53. The molecule has 0 atom stereocenters. The Bertz CT molecular complexity index is 562. The molecule has 0 radical (unpaired) electrons. The second-order valence-corrected chi connectivity index (χ2v) is 8.16. The highest BCUT2D eigenvalue weighted by Gasteiger charge is 2.47. The summed E-state index contributed by atoms with van der Waals surface area (Å²) in [6.45, 7) is 6.37. The molecule has 6 heteroatoms. The van der Waals surface area contributed by atoms with Gasteiger partial charge in [-0.25, -0.2) is 0 Å². The van der Waals surface area contributed by atoms with Gasteiger partial charge in [0.05, 0.1) is 11.1 Å². The zero-order valence-electron chi connectivity index (χ0n) is 13.8. The van der Waals surface area contributed by atoms with Gasteiger partial charge in [0.1, 0.15) is 0 Å². The van der Waals surface area contributed by atoms with Gasteiger partial charge in [0.25, 0.3) is 5.91 Å². The monoisotopic (exact) mass is 336 g/mol. The molecule has 2 aliphatic rings. The van der Waals surface area contributed by atoms with Crippen LogP contribution in [0.15, 0.2) is 22.8 Å². The Labute approximate surface area is 141 Å². The number of nitrogens with zero attached hydrogens (tertiary/aromatic N) is 2. The maximum atomic E-state index is 12.7. The number of furan rings is 1. The van der Waals surface area contributed by atoms with Gasteiger partial charge < -0.3 is 14.2 Å². The SMILES string of the molecule is CC(C)CC(=O)N1CCC2(CC1)SCCN2C(=O)c1ccco1. The first-order valence-electron chi connectivity index (χ1n) is 8.29. The van der Waals surface area contributed by atoms with E-state index >= 15 is 0 Å². The highest BCUT2D eigenvalue weighted by atomic mass is 32.2. The first-order valence-corrected chi connectivity index (χ1v) is 9.27. The Kier molecular flexibility index (Phi) is 4.71. The smallest absolute Gasteiger partial charge is 0.290 e. The highest BCUT2D eigenvalue weighted by Crippen LogP contribution is 2.44. The Balaban J connectivity index is 1.66. The third-order valence-electron chi connectivity index (χ3n) is 4.63. The number of carbonyl (C=O) groups is 2. The van der Waals surface area contributed by atoms with Crippen molar-refractivity contribution in [1.29, 1.82) is 0 Å². The quantitative estimate of drug-likeness (QED) is 0.852. The van der Waals surface area contributed by atoms with Crippen LogP contribution in [-0.4, -0.2) is 51.9 Å². The fraction of sp³-hybridized carbons (Fsp3) is 0.647. The summed E-state index contributed by atoms with van der Waals surface area (Å²) in [6.07, 6.45) is 3.83. The summed E-state index contributed by atoms with van der Waals surface area (Å²) in [7, 11) is 0. The molecule has 5 nitrogen and oxygen atoms in total. The van der Waals surface area contributed by atoms with Crippen molar-refractivity contribution in [1.82, 2.24) is 9.80 Å². The third-order valence-corrected chi connectivity index (χ3v) is 6.19. The van der Waals surface area contributed by atoms with Gasteiger partial charge >= 0.3 is 0 Å². The van der Waals surface area contributed by atoms with Crippen molar-refractivity contribution >= 4 is 23.6 Å². The normalized spacial score (nSPS) is 20.5. The lowest BCUT2D eigenvalue weighted by molar-refractivity contribution is -0.133. The topological polar surface area (TPSA) is 53.8 Å². The summed E-state index contributed by atoms with van der Waals surface area (Å²) in [4.78, 5) is 28.7. The van der Waals surface area contributed by atoms with E-state index in [2.05, 4.69) is 13.8 Å². The van der Waals surface area contributed by atoms with E-state index in [0.717, 1.165) is 38.2 Å². The van der Waals surface area contributed by atoms with Gasteiger partial charge in [0.2, 0.25) is 5.91 Å². The number of carbonyl (C=O) groups excluding carboxylic acids is 2. The van der Waals surface area contributed by atoms with E-state index in [1.807, 2.05) is 21.6 Å². The molecule has 2 aliphatic heterocycles. The first kappa shape index (κ1) is 16.4. The molecule has 23 heavy (non-hydrogen) atoms. The molecule has 3 rings (SSSR count). The summed E-state index contributed by atoms with van der Waals surface area (Å²) < 4.78 is 5.28. The molecule has 0 aromatic carbocycles.